The second-order valence-electron chi connectivity index (χ2n) is 8.44. The topological polar surface area (TPSA) is 102 Å². The molecule has 0 bridgehead atoms. The molecule has 9 nitrogen and oxygen atoms in total. The van der Waals surface area contributed by atoms with E-state index in [4.69, 9.17) is 0 Å². The van der Waals surface area contributed by atoms with E-state index >= 15 is 0 Å². The van der Waals surface area contributed by atoms with Crippen LogP contribution in [0.2, 0.25) is 0 Å². The molecule has 0 atom stereocenters. The van der Waals surface area contributed by atoms with Gasteiger partial charge < -0.3 is 5.32 Å². The molecule has 1 aliphatic heterocycles. The Bertz CT molecular complexity index is 1630. The van der Waals surface area contributed by atoms with Gasteiger partial charge in [0.15, 0.2) is 11.4 Å². The largest absolute Gasteiger partial charge is 0.325 e. The summed E-state index contributed by atoms with van der Waals surface area (Å²) in [4.78, 5) is 41.2. The Morgan fingerprint density at radius 3 is 2.06 bits per heavy atom. The third kappa shape index (κ3) is 2.91. The number of urea groups is 1. The van der Waals surface area contributed by atoms with Gasteiger partial charge in [0, 0.05) is 7.05 Å². The minimum Gasteiger partial charge on any atom is -0.315 e. The number of hydrogen-bond donors (Lipinski definition) is 1. The lowest BCUT2D eigenvalue weighted by Gasteiger charge is -2.28. The summed E-state index contributed by atoms with van der Waals surface area (Å²) < 4.78 is 3.12. The van der Waals surface area contributed by atoms with Gasteiger partial charge >= 0.3 is 6.03 Å². The zero-order chi connectivity index (χ0) is 24.2. The van der Waals surface area contributed by atoms with Crippen LogP contribution in [0.15, 0.2) is 89.7 Å². The van der Waals surface area contributed by atoms with Crippen LogP contribution in [0.3, 0.4) is 0 Å². The van der Waals surface area contributed by atoms with E-state index in [9.17, 15) is 14.4 Å². The number of para-hydroxylation sites is 1. The van der Waals surface area contributed by atoms with E-state index in [0.29, 0.717) is 33.6 Å². The molecule has 1 aliphatic rings. The smallest absolute Gasteiger partial charge is 0.315 e. The lowest BCUT2D eigenvalue weighted by molar-refractivity contribution is -0.130. The second kappa shape index (κ2) is 7.63. The van der Waals surface area contributed by atoms with Crippen molar-refractivity contribution in [1.29, 1.82) is 0 Å². The molecule has 2 aromatic heterocycles. The highest BCUT2D eigenvalue weighted by Gasteiger charge is 2.53. The van der Waals surface area contributed by atoms with Gasteiger partial charge in [0.25, 0.3) is 11.5 Å². The molecule has 3 aromatic carbocycles. The number of benzene rings is 3. The van der Waals surface area contributed by atoms with Crippen molar-refractivity contribution in [1.82, 2.24) is 29.4 Å². The number of aromatic nitrogens is 4. The molecule has 0 aliphatic carbocycles. The summed E-state index contributed by atoms with van der Waals surface area (Å²) >= 11 is 0. The molecule has 172 valence electrons. The van der Waals surface area contributed by atoms with Crippen LogP contribution in [0, 0.1) is 0 Å². The number of nitrogens with one attached hydrogen (secondary N) is 1. The molecular formula is C26H20N6O3. The Morgan fingerprint density at radius 2 is 1.40 bits per heavy atom. The fourth-order valence-corrected chi connectivity index (χ4v) is 4.79. The Morgan fingerprint density at radius 1 is 0.800 bits per heavy atom. The van der Waals surface area contributed by atoms with Gasteiger partial charge in [0.2, 0.25) is 5.78 Å². The SMILES string of the molecule is Cn1c(=O)c2ccccc2n2c(CN3C(=O)NC(c4ccccc4)(c4ccccc4)C3=O)nnc12. The monoisotopic (exact) mass is 464 g/mol. The lowest BCUT2D eigenvalue weighted by Crippen LogP contribution is -2.45. The highest BCUT2D eigenvalue weighted by molar-refractivity contribution is 6.09. The van der Waals surface area contributed by atoms with Crippen molar-refractivity contribution in [3.8, 4) is 0 Å². The number of nitrogens with zero attached hydrogens (tertiary/aromatic N) is 5. The number of aryl methyl sites for hydroxylation is 1. The van der Waals surface area contributed by atoms with Crippen LogP contribution in [-0.4, -0.2) is 36.0 Å². The number of hydrogen-bond acceptors (Lipinski definition) is 5. The van der Waals surface area contributed by atoms with Gasteiger partial charge in [-0.1, -0.05) is 72.8 Å². The summed E-state index contributed by atoms with van der Waals surface area (Å²) in [5.41, 5.74) is 0.357. The molecular weight excluding hydrogens is 444 g/mol. The molecule has 0 radical (unpaired) electrons. The third-order valence-electron chi connectivity index (χ3n) is 6.51. The quantitative estimate of drug-likeness (QED) is 0.412. The van der Waals surface area contributed by atoms with Crippen LogP contribution >= 0.6 is 0 Å². The summed E-state index contributed by atoms with van der Waals surface area (Å²) in [6.07, 6.45) is 0. The maximum atomic E-state index is 14.0. The van der Waals surface area contributed by atoms with Crippen LogP contribution in [0.4, 0.5) is 4.79 Å². The van der Waals surface area contributed by atoms with E-state index < -0.39 is 17.5 Å². The van der Waals surface area contributed by atoms with Crippen LogP contribution in [0.1, 0.15) is 17.0 Å². The van der Waals surface area contributed by atoms with Crippen LogP contribution in [0.25, 0.3) is 16.7 Å². The summed E-state index contributed by atoms with van der Waals surface area (Å²) in [5, 5.41) is 11.9. The number of carbonyl (C=O) groups is 2. The first-order valence-electron chi connectivity index (χ1n) is 11.1. The predicted octanol–water partition coefficient (Wildman–Crippen LogP) is 2.58. The first-order chi connectivity index (χ1) is 17.0. The molecule has 5 aromatic rings. The minimum atomic E-state index is -1.37. The van der Waals surface area contributed by atoms with Gasteiger partial charge in [-0.25, -0.2) is 4.79 Å². The average Bonchev–Trinajstić information content (AvgIpc) is 3.44. The van der Waals surface area contributed by atoms with Crippen molar-refractivity contribution in [2.75, 3.05) is 0 Å². The third-order valence-corrected chi connectivity index (χ3v) is 6.51. The number of carbonyl (C=O) groups excluding carboxylic acids is 2. The normalized spacial score (nSPS) is 15.2. The van der Waals surface area contributed by atoms with Gasteiger partial charge in [0.05, 0.1) is 17.4 Å². The highest BCUT2D eigenvalue weighted by Crippen LogP contribution is 2.36. The van der Waals surface area contributed by atoms with E-state index in [0.717, 1.165) is 4.90 Å². The standard InChI is InChI=1S/C26H20N6O3/c1-30-22(33)19-14-8-9-15-20(19)32-21(28-29-24(30)32)16-31-23(34)26(27-25(31)35,17-10-4-2-5-11-17)18-12-6-3-7-13-18/h2-15H,16H2,1H3,(H,27,35). The maximum Gasteiger partial charge on any atom is 0.325 e. The molecule has 3 amide bonds. The van der Waals surface area contributed by atoms with E-state index in [2.05, 4.69) is 15.5 Å². The molecule has 0 saturated carbocycles. The van der Waals surface area contributed by atoms with E-state index in [1.54, 1.807) is 29.6 Å². The number of imide groups is 1. The summed E-state index contributed by atoms with van der Waals surface area (Å²) in [6.45, 7) is -0.116. The lowest BCUT2D eigenvalue weighted by atomic mass is 9.82. The maximum absolute atomic E-state index is 14.0. The Balaban J connectivity index is 1.50. The summed E-state index contributed by atoms with van der Waals surface area (Å²) in [7, 11) is 1.62. The molecule has 0 unspecified atom stereocenters. The van der Waals surface area contributed by atoms with Gasteiger partial charge in [0.1, 0.15) is 0 Å². The predicted molar refractivity (Wildman–Crippen MR) is 128 cm³/mol. The van der Waals surface area contributed by atoms with Crippen molar-refractivity contribution < 1.29 is 9.59 Å². The van der Waals surface area contributed by atoms with E-state index in [1.807, 2.05) is 66.7 Å². The molecule has 0 spiro atoms. The van der Waals surface area contributed by atoms with Crippen molar-refractivity contribution in [3.05, 3.63) is 112 Å². The Kier molecular flexibility index (Phi) is 4.53. The van der Waals surface area contributed by atoms with E-state index in [-0.39, 0.29) is 12.1 Å². The summed E-state index contributed by atoms with van der Waals surface area (Å²) in [5.74, 6) is 0.283. The van der Waals surface area contributed by atoms with Crippen molar-refractivity contribution in [2.24, 2.45) is 7.05 Å². The minimum absolute atomic E-state index is 0.116. The number of amides is 3. The van der Waals surface area contributed by atoms with Crippen LogP contribution in [0.5, 0.6) is 0 Å². The zero-order valence-corrected chi connectivity index (χ0v) is 18.8. The fraction of sp³-hybridized carbons (Fsp3) is 0.115. The van der Waals surface area contributed by atoms with Crippen molar-refractivity contribution in [3.63, 3.8) is 0 Å². The second-order valence-corrected chi connectivity index (χ2v) is 8.44. The Labute approximate surface area is 199 Å². The number of fused-ring (bicyclic) bond motifs is 3. The number of rotatable bonds is 4. The first-order valence-corrected chi connectivity index (χ1v) is 11.1. The fourth-order valence-electron chi connectivity index (χ4n) is 4.79. The highest BCUT2D eigenvalue weighted by atomic mass is 16.2. The van der Waals surface area contributed by atoms with Crippen LogP contribution < -0.4 is 10.9 Å². The molecule has 1 saturated heterocycles. The molecule has 1 fully saturated rings. The van der Waals surface area contributed by atoms with E-state index in [1.165, 1.54) is 4.57 Å². The summed E-state index contributed by atoms with van der Waals surface area (Å²) in [6, 6.07) is 24.9. The van der Waals surface area contributed by atoms with Gasteiger partial charge in [-0.2, -0.15) is 0 Å². The zero-order valence-electron chi connectivity index (χ0n) is 18.8. The van der Waals surface area contributed by atoms with Gasteiger partial charge in [-0.3, -0.25) is 23.5 Å². The average molecular weight is 464 g/mol. The van der Waals surface area contributed by atoms with Crippen LogP contribution in [-0.2, 0) is 23.9 Å². The molecule has 3 heterocycles. The van der Waals surface area contributed by atoms with Gasteiger partial charge in [-0.15, -0.1) is 10.2 Å². The molecule has 1 N–H and O–H groups in total. The molecule has 6 rings (SSSR count). The first kappa shape index (κ1) is 20.8. The molecule has 35 heavy (non-hydrogen) atoms. The van der Waals surface area contributed by atoms with Gasteiger partial charge in [-0.05, 0) is 23.3 Å². The Hall–Kier alpha value is -4.79. The van der Waals surface area contributed by atoms with Crippen molar-refractivity contribution in [2.45, 2.75) is 12.1 Å². The van der Waals surface area contributed by atoms with Crippen molar-refractivity contribution >= 4 is 28.6 Å². The molecule has 9 heteroatoms.